The van der Waals surface area contributed by atoms with E-state index in [0.29, 0.717) is 11.1 Å². The fourth-order valence-corrected chi connectivity index (χ4v) is 2.48. The van der Waals surface area contributed by atoms with Gasteiger partial charge in [-0.1, -0.05) is 34.1 Å². The minimum atomic E-state index is 0.00454. The third kappa shape index (κ3) is 2.25. The lowest BCUT2D eigenvalue weighted by Gasteiger charge is -2.06. The van der Waals surface area contributed by atoms with Gasteiger partial charge >= 0.3 is 0 Å². The monoisotopic (exact) mass is 325 g/mol. The molecule has 0 amide bonds. The van der Waals surface area contributed by atoms with Crippen LogP contribution in [-0.2, 0) is 0 Å². The molecule has 0 radical (unpaired) electrons. The number of rotatable bonds is 2. The summed E-state index contributed by atoms with van der Waals surface area (Å²) in [7, 11) is 0. The Balaban J connectivity index is 2.15. The molecular weight excluding hydrogens is 314 g/mol. The smallest absolute Gasteiger partial charge is 0.195 e. The van der Waals surface area contributed by atoms with Gasteiger partial charge in [-0.05, 0) is 42.8 Å². The lowest BCUT2D eigenvalue weighted by molar-refractivity contribution is 0.104. The Morgan fingerprint density at radius 2 is 1.90 bits per heavy atom. The highest BCUT2D eigenvalue weighted by Crippen LogP contribution is 2.22. The Hall–Kier alpha value is -2.00. The van der Waals surface area contributed by atoms with Crippen molar-refractivity contribution in [2.24, 2.45) is 0 Å². The molecule has 0 saturated heterocycles. The van der Waals surface area contributed by atoms with Crippen molar-refractivity contribution in [3.8, 4) is 0 Å². The SMILES string of the molecule is Cc1cc(C(=O)c2cccc3cccnc23)ccc1Br. The number of hydrogen-bond donors (Lipinski definition) is 0. The first-order valence-corrected chi connectivity index (χ1v) is 7.11. The molecule has 0 atom stereocenters. The lowest BCUT2D eigenvalue weighted by atomic mass is 9.99. The number of benzene rings is 2. The molecule has 2 nitrogen and oxygen atoms in total. The van der Waals surface area contributed by atoms with E-state index < -0.39 is 0 Å². The van der Waals surface area contributed by atoms with Crippen LogP contribution in [0.2, 0.25) is 0 Å². The number of ketones is 1. The highest BCUT2D eigenvalue weighted by atomic mass is 79.9. The minimum absolute atomic E-state index is 0.00454. The van der Waals surface area contributed by atoms with Crippen LogP contribution in [0.4, 0.5) is 0 Å². The highest BCUT2D eigenvalue weighted by molar-refractivity contribution is 9.10. The van der Waals surface area contributed by atoms with Crippen molar-refractivity contribution < 1.29 is 4.79 Å². The van der Waals surface area contributed by atoms with Gasteiger partial charge in [0.15, 0.2) is 5.78 Å². The number of hydrogen-bond acceptors (Lipinski definition) is 2. The van der Waals surface area contributed by atoms with Crippen molar-refractivity contribution in [1.82, 2.24) is 4.98 Å². The van der Waals surface area contributed by atoms with Gasteiger partial charge in [-0.15, -0.1) is 0 Å². The average Bonchev–Trinajstić information content (AvgIpc) is 2.49. The average molecular weight is 326 g/mol. The molecular formula is C17H12BrNO. The standard InChI is InChI=1S/C17H12BrNO/c1-11-10-13(7-8-15(11)18)17(20)14-6-2-4-12-5-3-9-19-16(12)14/h2-10H,1H3. The lowest BCUT2D eigenvalue weighted by Crippen LogP contribution is -2.03. The van der Waals surface area contributed by atoms with E-state index in [2.05, 4.69) is 20.9 Å². The molecule has 0 aliphatic rings. The second-order valence-electron chi connectivity index (χ2n) is 4.67. The van der Waals surface area contributed by atoms with E-state index in [1.165, 1.54) is 0 Å². The highest BCUT2D eigenvalue weighted by Gasteiger charge is 2.13. The number of pyridine rings is 1. The molecule has 1 aromatic heterocycles. The van der Waals surface area contributed by atoms with Crippen molar-refractivity contribution in [2.75, 3.05) is 0 Å². The van der Waals surface area contributed by atoms with E-state index in [1.807, 2.05) is 55.5 Å². The van der Waals surface area contributed by atoms with Crippen molar-refractivity contribution in [3.63, 3.8) is 0 Å². The summed E-state index contributed by atoms with van der Waals surface area (Å²) in [5.74, 6) is 0.00454. The van der Waals surface area contributed by atoms with E-state index in [1.54, 1.807) is 6.20 Å². The van der Waals surface area contributed by atoms with Gasteiger partial charge in [-0.3, -0.25) is 9.78 Å². The van der Waals surface area contributed by atoms with Gasteiger partial charge in [0.1, 0.15) is 0 Å². The molecule has 0 unspecified atom stereocenters. The normalized spacial score (nSPS) is 10.7. The Labute approximate surface area is 125 Å². The van der Waals surface area contributed by atoms with Crippen LogP contribution in [0.3, 0.4) is 0 Å². The Kier molecular flexibility index (Phi) is 3.36. The molecule has 1 heterocycles. The summed E-state index contributed by atoms with van der Waals surface area (Å²) < 4.78 is 1.00. The molecule has 3 aromatic rings. The first-order chi connectivity index (χ1) is 9.66. The van der Waals surface area contributed by atoms with Crippen LogP contribution in [0.25, 0.3) is 10.9 Å². The molecule has 20 heavy (non-hydrogen) atoms. The van der Waals surface area contributed by atoms with Gasteiger partial charge in [-0.2, -0.15) is 0 Å². The number of para-hydroxylation sites is 1. The number of halogens is 1. The van der Waals surface area contributed by atoms with E-state index in [4.69, 9.17) is 0 Å². The van der Waals surface area contributed by atoms with Crippen molar-refractivity contribution in [3.05, 3.63) is 75.9 Å². The maximum atomic E-state index is 12.7. The van der Waals surface area contributed by atoms with E-state index in [-0.39, 0.29) is 5.78 Å². The molecule has 0 aliphatic carbocycles. The molecule has 2 aromatic carbocycles. The number of nitrogens with zero attached hydrogens (tertiary/aromatic N) is 1. The Morgan fingerprint density at radius 3 is 2.70 bits per heavy atom. The summed E-state index contributed by atoms with van der Waals surface area (Å²) >= 11 is 3.45. The topological polar surface area (TPSA) is 30.0 Å². The summed E-state index contributed by atoms with van der Waals surface area (Å²) in [6.07, 6.45) is 1.71. The van der Waals surface area contributed by atoms with Crippen molar-refractivity contribution in [2.45, 2.75) is 6.92 Å². The first kappa shape index (κ1) is 13.0. The summed E-state index contributed by atoms with van der Waals surface area (Å²) in [5.41, 5.74) is 3.12. The third-order valence-electron chi connectivity index (χ3n) is 3.30. The van der Waals surface area contributed by atoms with Crippen LogP contribution in [0.5, 0.6) is 0 Å². The zero-order valence-electron chi connectivity index (χ0n) is 10.9. The predicted octanol–water partition coefficient (Wildman–Crippen LogP) is 4.54. The van der Waals surface area contributed by atoms with Gasteiger partial charge < -0.3 is 0 Å². The number of fused-ring (bicyclic) bond motifs is 1. The number of aromatic nitrogens is 1. The van der Waals surface area contributed by atoms with Crippen LogP contribution in [-0.4, -0.2) is 10.8 Å². The second-order valence-corrected chi connectivity index (χ2v) is 5.53. The zero-order chi connectivity index (χ0) is 14.1. The van der Waals surface area contributed by atoms with Crippen molar-refractivity contribution in [1.29, 1.82) is 0 Å². The third-order valence-corrected chi connectivity index (χ3v) is 4.19. The van der Waals surface area contributed by atoms with Gasteiger partial charge in [0.05, 0.1) is 5.52 Å². The maximum absolute atomic E-state index is 12.7. The fourth-order valence-electron chi connectivity index (χ4n) is 2.23. The number of carbonyl (C=O) groups excluding carboxylic acids is 1. The molecule has 0 bridgehead atoms. The van der Waals surface area contributed by atoms with Crippen molar-refractivity contribution >= 4 is 32.6 Å². The molecule has 0 spiro atoms. The summed E-state index contributed by atoms with van der Waals surface area (Å²) in [6, 6.07) is 15.2. The molecule has 98 valence electrons. The Bertz CT molecular complexity index is 806. The largest absolute Gasteiger partial charge is 0.289 e. The summed E-state index contributed by atoms with van der Waals surface area (Å²) in [4.78, 5) is 17.0. The van der Waals surface area contributed by atoms with Crippen LogP contribution in [0.15, 0.2) is 59.2 Å². The predicted molar refractivity (Wildman–Crippen MR) is 84.1 cm³/mol. The molecule has 0 N–H and O–H groups in total. The van der Waals surface area contributed by atoms with E-state index in [9.17, 15) is 4.79 Å². The number of aryl methyl sites for hydroxylation is 1. The minimum Gasteiger partial charge on any atom is -0.289 e. The maximum Gasteiger partial charge on any atom is 0.195 e. The van der Waals surface area contributed by atoms with Gasteiger partial charge in [0.25, 0.3) is 0 Å². The molecule has 3 rings (SSSR count). The Morgan fingerprint density at radius 1 is 1.10 bits per heavy atom. The van der Waals surface area contributed by atoms with Crippen LogP contribution in [0, 0.1) is 6.92 Å². The van der Waals surface area contributed by atoms with Gasteiger partial charge in [0, 0.05) is 27.2 Å². The van der Waals surface area contributed by atoms with Crippen LogP contribution < -0.4 is 0 Å². The van der Waals surface area contributed by atoms with Crippen LogP contribution in [0.1, 0.15) is 21.5 Å². The van der Waals surface area contributed by atoms with Gasteiger partial charge in [0.2, 0.25) is 0 Å². The molecule has 3 heteroatoms. The molecule has 0 fully saturated rings. The quantitative estimate of drug-likeness (QED) is 0.647. The van der Waals surface area contributed by atoms with E-state index in [0.717, 1.165) is 20.9 Å². The second kappa shape index (κ2) is 5.17. The first-order valence-electron chi connectivity index (χ1n) is 6.31. The fraction of sp³-hybridized carbons (Fsp3) is 0.0588. The molecule has 0 aliphatic heterocycles. The summed E-state index contributed by atoms with van der Waals surface area (Å²) in [6.45, 7) is 1.97. The molecule has 0 saturated carbocycles. The number of carbonyl (C=O) groups is 1. The van der Waals surface area contributed by atoms with Gasteiger partial charge in [-0.25, -0.2) is 0 Å². The zero-order valence-corrected chi connectivity index (χ0v) is 12.5. The summed E-state index contributed by atoms with van der Waals surface area (Å²) in [5, 5.41) is 0.979. The van der Waals surface area contributed by atoms with E-state index >= 15 is 0 Å². The van der Waals surface area contributed by atoms with Crippen LogP contribution >= 0.6 is 15.9 Å².